The molecular formula is C13H17ClFNO. The third-order valence-corrected chi connectivity index (χ3v) is 2.64. The molecular weight excluding hydrogens is 241 g/mol. The summed E-state index contributed by atoms with van der Waals surface area (Å²) in [6, 6.07) is 5.54. The second-order valence-electron chi connectivity index (χ2n) is 3.94. The van der Waals surface area contributed by atoms with Crippen molar-refractivity contribution in [1.82, 2.24) is 0 Å². The first-order valence-electron chi connectivity index (χ1n) is 5.64. The lowest BCUT2D eigenvalue weighted by molar-refractivity contribution is 0.273. The SMILES string of the molecule is CC(=N)CCCc1ccc(OCCF)c(Cl)c1. The summed E-state index contributed by atoms with van der Waals surface area (Å²) in [4.78, 5) is 0. The van der Waals surface area contributed by atoms with Crippen molar-refractivity contribution in [3.8, 4) is 5.75 Å². The number of rotatable bonds is 7. The number of benzene rings is 1. The highest BCUT2D eigenvalue weighted by atomic mass is 35.5. The summed E-state index contributed by atoms with van der Waals surface area (Å²) in [6.07, 6.45) is 2.63. The van der Waals surface area contributed by atoms with E-state index in [1.807, 2.05) is 12.1 Å². The summed E-state index contributed by atoms with van der Waals surface area (Å²) in [5.74, 6) is 0.524. The van der Waals surface area contributed by atoms with E-state index in [1.54, 1.807) is 13.0 Å². The summed E-state index contributed by atoms with van der Waals surface area (Å²) in [6.45, 7) is 1.32. The Labute approximate surface area is 106 Å². The number of aryl methyl sites for hydroxylation is 1. The van der Waals surface area contributed by atoms with Crippen molar-refractivity contribution in [2.24, 2.45) is 0 Å². The molecule has 0 aliphatic carbocycles. The molecule has 0 bridgehead atoms. The molecule has 0 saturated carbocycles. The zero-order valence-corrected chi connectivity index (χ0v) is 10.7. The molecule has 0 atom stereocenters. The van der Waals surface area contributed by atoms with E-state index in [0.29, 0.717) is 16.5 Å². The molecule has 1 aromatic carbocycles. The predicted molar refractivity (Wildman–Crippen MR) is 69.3 cm³/mol. The van der Waals surface area contributed by atoms with Gasteiger partial charge < -0.3 is 10.1 Å². The molecule has 1 aromatic rings. The van der Waals surface area contributed by atoms with Crippen LogP contribution in [0.15, 0.2) is 18.2 Å². The molecule has 0 fully saturated rings. The van der Waals surface area contributed by atoms with Gasteiger partial charge in [-0.05, 0) is 43.9 Å². The van der Waals surface area contributed by atoms with Crippen molar-refractivity contribution in [3.05, 3.63) is 28.8 Å². The summed E-state index contributed by atoms with van der Waals surface area (Å²) in [7, 11) is 0. The van der Waals surface area contributed by atoms with Gasteiger partial charge in [0.15, 0.2) is 0 Å². The zero-order chi connectivity index (χ0) is 12.7. The minimum absolute atomic E-state index is 0.0338. The third kappa shape index (κ3) is 5.18. The Morgan fingerprint density at radius 1 is 1.47 bits per heavy atom. The van der Waals surface area contributed by atoms with Gasteiger partial charge in [-0.15, -0.1) is 0 Å². The number of hydrogen-bond donors (Lipinski definition) is 1. The first-order chi connectivity index (χ1) is 8.13. The molecule has 0 aliphatic rings. The van der Waals surface area contributed by atoms with Crippen LogP contribution < -0.4 is 4.74 Å². The smallest absolute Gasteiger partial charge is 0.138 e. The van der Waals surface area contributed by atoms with Crippen LogP contribution in [0.25, 0.3) is 0 Å². The van der Waals surface area contributed by atoms with Gasteiger partial charge in [0, 0.05) is 5.71 Å². The van der Waals surface area contributed by atoms with E-state index in [0.717, 1.165) is 24.8 Å². The lowest BCUT2D eigenvalue weighted by Crippen LogP contribution is -1.99. The number of halogens is 2. The van der Waals surface area contributed by atoms with Crippen LogP contribution in [0.2, 0.25) is 5.02 Å². The van der Waals surface area contributed by atoms with Gasteiger partial charge in [0.05, 0.1) is 5.02 Å². The first kappa shape index (κ1) is 14.0. The fourth-order valence-electron chi connectivity index (χ4n) is 1.52. The van der Waals surface area contributed by atoms with Crippen molar-refractivity contribution in [1.29, 1.82) is 5.41 Å². The number of nitrogens with one attached hydrogen (secondary N) is 1. The van der Waals surface area contributed by atoms with Gasteiger partial charge in [-0.3, -0.25) is 0 Å². The molecule has 0 spiro atoms. The van der Waals surface area contributed by atoms with Crippen LogP contribution in [0.3, 0.4) is 0 Å². The van der Waals surface area contributed by atoms with Crippen LogP contribution in [0.1, 0.15) is 25.3 Å². The molecule has 94 valence electrons. The molecule has 2 nitrogen and oxygen atoms in total. The van der Waals surface area contributed by atoms with Crippen molar-refractivity contribution in [3.63, 3.8) is 0 Å². The number of ether oxygens (including phenoxy) is 1. The van der Waals surface area contributed by atoms with Gasteiger partial charge >= 0.3 is 0 Å². The van der Waals surface area contributed by atoms with Crippen LogP contribution in [0.4, 0.5) is 4.39 Å². The molecule has 1 rings (SSSR count). The average Bonchev–Trinajstić information content (AvgIpc) is 2.27. The first-order valence-corrected chi connectivity index (χ1v) is 6.02. The number of hydrogen-bond acceptors (Lipinski definition) is 2. The van der Waals surface area contributed by atoms with E-state index < -0.39 is 6.67 Å². The highest BCUT2D eigenvalue weighted by Crippen LogP contribution is 2.26. The molecule has 0 heterocycles. The highest BCUT2D eigenvalue weighted by molar-refractivity contribution is 6.32. The summed E-state index contributed by atoms with van der Waals surface area (Å²) in [5.41, 5.74) is 1.81. The van der Waals surface area contributed by atoms with Crippen LogP contribution in [0.5, 0.6) is 5.75 Å². The molecule has 0 saturated heterocycles. The minimum Gasteiger partial charge on any atom is -0.489 e. The summed E-state index contributed by atoms with van der Waals surface area (Å²) < 4.78 is 17.1. The van der Waals surface area contributed by atoms with E-state index in [1.165, 1.54) is 0 Å². The minimum atomic E-state index is -0.517. The van der Waals surface area contributed by atoms with Gasteiger partial charge in [-0.2, -0.15) is 0 Å². The maximum atomic E-state index is 11.9. The normalized spacial score (nSPS) is 10.3. The van der Waals surface area contributed by atoms with Crippen molar-refractivity contribution in [2.75, 3.05) is 13.3 Å². The monoisotopic (exact) mass is 257 g/mol. The second-order valence-corrected chi connectivity index (χ2v) is 4.34. The van der Waals surface area contributed by atoms with Crippen LogP contribution >= 0.6 is 11.6 Å². The van der Waals surface area contributed by atoms with Crippen LogP contribution in [0, 0.1) is 5.41 Å². The maximum absolute atomic E-state index is 11.9. The van der Waals surface area contributed by atoms with E-state index in [9.17, 15) is 4.39 Å². The molecule has 0 aliphatic heterocycles. The van der Waals surface area contributed by atoms with Crippen LogP contribution in [-0.4, -0.2) is 19.0 Å². The Hall–Kier alpha value is -1.09. The number of alkyl halides is 1. The molecule has 0 amide bonds. The molecule has 0 aromatic heterocycles. The van der Waals surface area contributed by atoms with E-state index in [4.69, 9.17) is 21.7 Å². The molecule has 0 unspecified atom stereocenters. The van der Waals surface area contributed by atoms with Gasteiger partial charge in [0.25, 0.3) is 0 Å². The van der Waals surface area contributed by atoms with Gasteiger partial charge in [0.2, 0.25) is 0 Å². The van der Waals surface area contributed by atoms with E-state index >= 15 is 0 Å². The second kappa shape index (κ2) is 7.28. The Bertz CT molecular complexity index is 382. The van der Waals surface area contributed by atoms with Crippen molar-refractivity contribution < 1.29 is 9.13 Å². The van der Waals surface area contributed by atoms with Gasteiger partial charge in [-0.25, -0.2) is 4.39 Å². The molecule has 17 heavy (non-hydrogen) atoms. The Morgan fingerprint density at radius 2 is 2.24 bits per heavy atom. The third-order valence-electron chi connectivity index (χ3n) is 2.35. The van der Waals surface area contributed by atoms with Crippen molar-refractivity contribution in [2.45, 2.75) is 26.2 Å². The largest absolute Gasteiger partial charge is 0.489 e. The molecule has 1 N–H and O–H groups in total. The highest BCUT2D eigenvalue weighted by Gasteiger charge is 2.03. The van der Waals surface area contributed by atoms with Gasteiger partial charge in [0.1, 0.15) is 19.0 Å². The lowest BCUT2D eigenvalue weighted by Gasteiger charge is -2.08. The summed E-state index contributed by atoms with van der Waals surface area (Å²) >= 11 is 6.02. The molecule has 0 radical (unpaired) electrons. The average molecular weight is 258 g/mol. The fraction of sp³-hybridized carbons (Fsp3) is 0.462. The fourth-order valence-corrected chi connectivity index (χ4v) is 1.78. The Morgan fingerprint density at radius 3 is 2.82 bits per heavy atom. The Balaban J connectivity index is 2.52. The topological polar surface area (TPSA) is 33.1 Å². The maximum Gasteiger partial charge on any atom is 0.138 e. The van der Waals surface area contributed by atoms with Gasteiger partial charge in [-0.1, -0.05) is 17.7 Å². The van der Waals surface area contributed by atoms with E-state index in [2.05, 4.69) is 0 Å². The van der Waals surface area contributed by atoms with E-state index in [-0.39, 0.29) is 6.61 Å². The predicted octanol–water partition coefficient (Wildman–Crippen LogP) is 4.05. The van der Waals surface area contributed by atoms with Crippen LogP contribution in [-0.2, 0) is 6.42 Å². The standard InChI is InChI=1S/C13H17ClFNO/c1-10(16)3-2-4-11-5-6-13(12(14)9-11)17-8-7-15/h5-6,9,16H,2-4,7-8H2,1H3. The quantitative estimate of drug-likeness (QED) is 0.735. The summed E-state index contributed by atoms with van der Waals surface area (Å²) in [5, 5.41) is 7.85. The lowest BCUT2D eigenvalue weighted by atomic mass is 10.1. The van der Waals surface area contributed by atoms with Crippen molar-refractivity contribution >= 4 is 17.3 Å². The molecule has 4 heteroatoms. The Kier molecular flexibility index (Phi) is 5.98. The zero-order valence-electron chi connectivity index (χ0n) is 9.93.